The molecule has 2 aliphatic rings. The summed E-state index contributed by atoms with van der Waals surface area (Å²) < 4.78 is 31.8. The first-order valence-corrected chi connectivity index (χ1v) is 12.1. The van der Waals surface area contributed by atoms with Crippen LogP contribution in [0.3, 0.4) is 0 Å². The smallest absolute Gasteiger partial charge is 0.247 e. The molecule has 0 bridgehead atoms. The first kappa shape index (κ1) is 22.6. The third-order valence-electron chi connectivity index (χ3n) is 5.90. The summed E-state index contributed by atoms with van der Waals surface area (Å²) in [4.78, 5) is 28.0. The number of benzene rings is 1. The van der Waals surface area contributed by atoms with Crippen LogP contribution in [-0.4, -0.2) is 62.1 Å². The summed E-state index contributed by atoms with van der Waals surface area (Å²) in [6.07, 6.45) is 4.35. The van der Waals surface area contributed by atoms with Crippen molar-refractivity contribution in [3.05, 3.63) is 24.3 Å². The van der Waals surface area contributed by atoms with Crippen LogP contribution in [0, 0.1) is 0 Å². The molecule has 1 aromatic carbocycles. The van der Waals surface area contributed by atoms with Crippen LogP contribution in [0.5, 0.6) is 5.75 Å². The fourth-order valence-electron chi connectivity index (χ4n) is 4.30. The maximum Gasteiger partial charge on any atom is 0.247 e. The van der Waals surface area contributed by atoms with Crippen LogP contribution < -0.4 is 15.0 Å². The van der Waals surface area contributed by atoms with Gasteiger partial charge in [0, 0.05) is 18.3 Å². The zero-order valence-corrected chi connectivity index (χ0v) is 18.7. The summed E-state index contributed by atoms with van der Waals surface area (Å²) in [5.74, 6) is -0.166. The number of amides is 2. The number of methoxy groups -OCH3 is 1. The second kappa shape index (κ2) is 8.93. The van der Waals surface area contributed by atoms with E-state index in [1.807, 2.05) is 0 Å². The molecule has 0 aromatic heterocycles. The number of piperazine rings is 1. The van der Waals surface area contributed by atoms with Gasteiger partial charge >= 0.3 is 0 Å². The number of nitrogens with zero attached hydrogens (tertiary/aromatic N) is 2. The number of sulfonamides is 1. The van der Waals surface area contributed by atoms with Crippen molar-refractivity contribution in [3.8, 4) is 5.75 Å². The molecule has 3 rings (SSSR count). The van der Waals surface area contributed by atoms with Gasteiger partial charge in [-0.25, -0.2) is 8.42 Å². The number of rotatable bonds is 7. The molecule has 1 N–H and O–H groups in total. The van der Waals surface area contributed by atoms with Gasteiger partial charge in [0.25, 0.3) is 0 Å². The average Bonchev–Trinajstić information content (AvgIpc) is 3.21. The maximum atomic E-state index is 13.4. The van der Waals surface area contributed by atoms with E-state index in [4.69, 9.17) is 4.74 Å². The lowest BCUT2D eigenvalue weighted by Gasteiger charge is -2.47. The number of carbonyl (C=O) groups excluding carboxylic acids is 2. The van der Waals surface area contributed by atoms with E-state index in [0.717, 1.165) is 30.0 Å². The number of anilines is 1. The van der Waals surface area contributed by atoms with Crippen molar-refractivity contribution in [1.29, 1.82) is 0 Å². The van der Waals surface area contributed by atoms with Gasteiger partial charge in [-0.15, -0.1) is 0 Å². The number of carbonyl (C=O) groups is 2. The predicted octanol–water partition coefficient (Wildman–Crippen LogP) is 1.90. The van der Waals surface area contributed by atoms with Crippen LogP contribution in [0.1, 0.15) is 46.0 Å². The largest absolute Gasteiger partial charge is 0.497 e. The summed E-state index contributed by atoms with van der Waals surface area (Å²) in [7, 11) is -2.08. The number of hydrogen-bond acceptors (Lipinski definition) is 5. The molecule has 30 heavy (non-hydrogen) atoms. The molecule has 8 nitrogen and oxygen atoms in total. The van der Waals surface area contributed by atoms with E-state index in [0.29, 0.717) is 17.9 Å². The second-order valence-electron chi connectivity index (χ2n) is 8.24. The average molecular weight is 438 g/mol. The molecule has 1 heterocycles. The monoisotopic (exact) mass is 437 g/mol. The molecule has 1 aliphatic carbocycles. The molecular formula is C21H31N3O5S. The standard InChI is InChI=1S/C21H31N3O5S/c1-4-13-30(27,28)23-14-19(25)24(17-9-11-18(29-3)12-10-17)21(2,15-23)20(26)22-16-7-5-6-8-16/h9-12,16H,4-8,13-15H2,1-3H3,(H,22,26). The summed E-state index contributed by atoms with van der Waals surface area (Å²) in [6.45, 7) is 3.07. The molecule has 1 atom stereocenters. The van der Waals surface area contributed by atoms with Gasteiger partial charge in [-0.1, -0.05) is 19.8 Å². The van der Waals surface area contributed by atoms with Crippen molar-refractivity contribution < 1.29 is 22.7 Å². The maximum absolute atomic E-state index is 13.4. The van der Waals surface area contributed by atoms with Gasteiger partial charge in [0.1, 0.15) is 11.3 Å². The van der Waals surface area contributed by atoms with Gasteiger partial charge in [0.2, 0.25) is 21.8 Å². The minimum Gasteiger partial charge on any atom is -0.497 e. The minimum absolute atomic E-state index is 0.0524. The molecule has 2 fully saturated rings. The van der Waals surface area contributed by atoms with Crippen LogP contribution in [0.4, 0.5) is 5.69 Å². The highest BCUT2D eigenvalue weighted by Crippen LogP contribution is 2.32. The molecule has 1 aliphatic heterocycles. The lowest BCUT2D eigenvalue weighted by Crippen LogP contribution is -2.70. The predicted molar refractivity (Wildman–Crippen MR) is 115 cm³/mol. The van der Waals surface area contributed by atoms with E-state index in [1.165, 1.54) is 4.90 Å². The minimum atomic E-state index is -3.63. The van der Waals surface area contributed by atoms with Crippen molar-refractivity contribution in [2.45, 2.75) is 57.5 Å². The Morgan fingerprint density at radius 2 is 1.87 bits per heavy atom. The Kier molecular flexibility index (Phi) is 6.71. The molecular weight excluding hydrogens is 406 g/mol. The molecule has 1 saturated carbocycles. The molecule has 1 saturated heterocycles. The van der Waals surface area contributed by atoms with Crippen LogP contribution in [0.2, 0.25) is 0 Å². The lowest BCUT2D eigenvalue weighted by atomic mass is 9.94. The Labute approximate surface area is 178 Å². The second-order valence-corrected chi connectivity index (χ2v) is 10.3. The highest BCUT2D eigenvalue weighted by atomic mass is 32.2. The number of ether oxygens (including phenoxy) is 1. The summed E-state index contributed by atoms with van der Waals surface area (Å²) >= 11 is 0. The Morgan fingerprint density at radius 1 is 1.23 bits per heavy atom. The van der Waals surface area contributed by atoms with Crippen LogP contribution in [0.15, 0.2) is 24.3 Å². The van der Waals surface area contributed by atoms with Crippen LogP contribution >= 0.6 is 0 Å². The van der Waals surface area contributed by atoms with Crippen molar-refractivity contribution in [1.82, 2.24) is 9.62 Å². The number of hydrogen-bond donors (Lipinski definition) is 1. The zero-order valence-electron chi connectivity index (χ0n) is 17.9. The van der Waals surface area contributed by atoms with E-state index < -0.39 is 21.5 Å². The topological polar surface area (TPSA) is 96.0 Å². The van der Waals surface area contributed by atoms with Crippen LogP contribution in [-0.2, 0) is 19.6 Å². The molecule has 2 amide bonds. The van der Waals surface area contributed by atoms with Gasteiger partial charge in [0.05, 0.1) is 19.4 Å². The summed E-state index contributed by atoms with van der Waals surface area (Å²) in [5, 5.41) is 3.06. The lowest BCUT2D eigenvalue weighted by molar-refractivity contribution is -0.133. The first-order valence-electron chi connectivity index (χ1n) is 10.5. The van der Waals surface area contributed by atoms with Gasteiger partial charge in [-0.2, -0.15) is 4.31 Å². The van der Waals surface area contributed by atoms with Crippen molar-refractivity contribution in [3.63, 3.8) is 0 Å². The number of nitrogens with one attached hydrogen (secondary N) is 1. The molecule has 1 aromatic rings. The van der Waals surface area contributed by atoms with E-state index in [2.05, 4.69) is 5.32 Å². The van der Waals surface area contributed by atoms with E-state index >= 15 is 0 Å². The molecule has 166 valence electrons. The Bertz CT molecular complexity index is 880. The van der Waals surface area contributed by atoms with E-state index in [1.54, 1.807) is 45.2 Å². The Balaban J connectivity index is 1.97. The van der Waals surface area contributed by atoms with Gasteiger partial charge in [-0.3, -0.25) is 14.5 Å². The fraction of sp³-hybridized carbons (Fsp3) is 0.619. The summed E-state index contributed by atoms with van der Waals surface area (Å²) in [5.41, 5.74) is -0.815. The van der Waals surface area contributed by atoms with Crippen molar-refractivity contribution in [2.24, 2.45) is 0 Å². The molecule has 0 radical (unpaired) electrons. The first-order chi connectivity index (χ1) is 14.2. The van der Waals surface area contributed by atoms with Gasteiger partial charge < -0.3 is 10.1 Å². The molecule has 1 unspecified atom stereocenters. The quantitative estimate of drug-likeness (QED) is 0.703. The third-order valence-corrected chi connectivity index (χ3v) is 7.87. The normalized spacial score (nSPS) is 23.6. The highest BCUT2D eigenvalue weighted by Gasteiger charge is 2.51. The Hall–Kier alpha value is -2.13. The van der Waals surface area contributed by atoms with E-state index in [-0.39, 0.29) is 30.8 Å². The molecule has 9 heteroatoms. The summed E-state index contributed by atoms with van der Waals surface area (Å²) in [6, 6.07) is 6.93. The van der Waals surface area contributed by atoms with Crippen LogP contribution in [0.25, 0.3) is 0 Å². The van der Waals surface area contributed by atoms with Crippen molar-refractivity contribution >= 4 is 27.5 Å². The zero-order chi connectivity index (χ0) is 21.9. The SMILES string of the molecule is CCCS(=O)(=O)N1CC(=O)N(c2ccc(OC)cc2)C(C)(C(=O)NC2CCCC2)C1. The van der Waals surface area contributed by atoms with E-state index in [9.17, 15) is 18.0 Å². The fourth-order valence-corrected chi connectivity index (χ4v) is 5.82. The van der Waals surface area contributed by atoms with Gasteiger partial charge in [0.15, 0.2) is 0 Å². The molecule has 0 spiro atoms. The Morgan fingerprint density at radius 3 is 2.43 bits per heavy atom. The van der Waals surface area contributed by atoms with Crippen molar-refractivity contribution in [2.75, 3.05) is 30.9 Å². The third kappa shape index (κ3) is 4.46. The highest BCUT2D eigenvalue weighted by molar-refractivity contribution is 7.89. The van der Waals surface area contributed by atoms with Gasteiger partial charge in [-0.05, 0) is 50.5 Å².